The molecular formula is C18H30N2O. The maximum Gasteiger partial charge on any atom is 0.0716 e. The van der Waals surface area contributed by atoms with E-state index in [2.05, 4.69) is 41.4 Å². The van der Waals surface area contributed by atoms with E-state index in [1.165, 1.54) is 49.9 Å². The highest BCUT2D eigenvalue weighted by atomic mass is 16.5. The average Bonchev–Trinajstić information content (AvgIpc) is 2.51. The summed E-state index contributed by atoms with van der Waals surface area (Å²) in [6.07, 6.45) is 5.23. The van der Waals surface area contributed by atoms with Gasteiger partial charge in [-0.2, -0.15) is 0 Å². The summed E-state index contributed by atoms with van der Waals surface area (Å²) in [5.74, 6) is 0. The second kappa shape index (κ2) is 9.19. The molecule has 1 aromatic rings. The van der Waals surface area contributed by atoms with Crippen molar-refractivity contribution >= 4 is 0 Å². The highest BCUT2D eigenvalue weighted by Crippen LogP contribution is 2.15. The predicted octanol–water partition coefficient (Wildman–Crippen LogP) is 3.19. The van der Waals surface area contributed by atoms with Crippen LogP contribution in [0, 0.1) is 0 Å². The lowest BCUT2D eigenvalue weighted by molar-refractivity contribution is 0.180. The molecule has 1 aromatic carbocycles. The topological polar surface area (TPSA) is 24.5 Å². The molecule has 2 rings (SSSR count). The van der Waals surface area contributed by atoms with Gasteiger partial charge in [-0.15, -0.1) is 0 Å². The molecule has 3 heteroatoms. The van der Waals surface area contributed by atoms with Crippen LogP contribution in [-0.4, -0.2) is 37.7 Å². The minimum absolute atomic E-state index is 0.667. The summed E-state index contributed by atoms with van der Waals surface area (Å²) in [5, 5.41) is 3.67. The van der Waals surface area contributed by atoms with E-state index in [0.717, 1.165) is 13.1 Å². The first-order valence-electron chi connectivity index (χ1n) is 8.35. The Morgan fingerprint density at radius 2 is 2.05 bits per heavy atom. The van der Waals surface area contributed by atoms with Gasteiger partial charge in [-0.05, 0) is 43.5 Å². The number of nitrogens with one attached hydrogen (secondary N) is 1. The fourth-order valence-electron chi connectivity index (χ4n) is 3.19. The highest BCUT2D eigenvalue weighted by molar-refractivity contribution is 5.26. The first-order valence-corrected chi connectivity index (χ1v) is 8.35. The number of benzene rings is 1. The van der Waals surface area contributed by atoms with Crippen molar-refractivity contribution in [2.24, 2.45) is 0 Å². The molecule has 3 nitrogen and oxygen atoms in total. The summed E-state index contributed by atoms with van der Waals surface area (Å²) in [6.45, 7) is 7.52. The molecule has 118 valence electrons. The first kappa shape index (κ1) is 16.5. The summed E-state index contributed by atoms with van der Waals surface area (Å²) >= 11 is 0. The lowest BCUT2D eigenvalue weighted by atomic mass is 10.0. The van der Waals surface area contributed by atoms with Gasteiger partial charge in [-0.3, -0.25) is 4.90 Å². The SMILES string of the molecule is CCCN(Cc1ccccc1COC)CC1CCCCN1. The Kier molecular flexibility index (Phi) is 7.20. The standard InChI is InChI=1S/C18H30N2O/c1-3-12-20(14-18-10-6-7-11-19-18)13-16-8-4-5-9-17(16)15-21-2/h4-5,8-9,18-19H,3,6-7,10-15H2,1-2H3. The summed E-state index contributed by atoms with van der Waals surface area (Å²) in [5.41, 5.74) is 2.72. The number of rotatable bonds is 8. The third-order valence-electron chi connectivity index (χ3n) is 4.24. The van der Waals surface area contributed by atoms with E-state index >= 15 is 0 Å². The van der Waals surface area contributed by atoms with Gasteiger partial charge in [0.2, 0.25) is 0 Å². The van der Waals surface area contributed by atoms with Crippen molar-refractivity contribution in [1.82, 2.24) is 10.2 Å². The van der Waals surface area contributed by atoms with Gasteiger partial charge < -0.3 is 10.1 Å². The van der Waals surface area contributed by atoms with Gasteiger partial charge in [-0.25, -0.2) is 0 Å². The number of hydrogen-bond donors (Lipinski definition) is 1. The third kappa shape index (κ3) is 5.42. The normalized spacial score (nSPS) is 19.1. The molecule has 1 aliphatic rings. The molecular weight excluding hydrogens is 260 g/mol. The molecule has 0 amide bonds. The van der Waals surface area contributed by atoms with E-state index < -0.39 is 0 Å². The highest BCUT2D eigenvalue weighted by Gasteiger charge is 2.17. The number of methoxy groups -OCH3 is 1. The fourth-order valence-corrected chi connectivity index (χ4v) is 3.19. The molecule has 1 aliphatic heterocycles. The quantitative estimate of drug-likeness (QED) is 0.796. The molecule has 1 N–H and O–H groups in total. The molecule has 0 radical (unpaired) electrons. The molecule has 0 aromatic heterocycles. The van der Waals surface area contributed by atoms with Crippen LogP contribution in [0.3, 0.4) is 0 Å². The van der Waals surface area contributed by atoms with Crippen LogP contribution < -0.4 is 5.32 Å². The average molecular weight is 290 g/mol. The van der Waals surface area contributed by atoms with Gasteiger partial charge in [0.05, 0.1) is 6.61 Å². The van der Waals surface area contributed by atoms with E-state index in [1.54, 1.807) is 7.11 Å². The van der Waals surface area contributed by atoms with Gasteiger partial charge in [-0.1, -0.05) is 37.6 Å². The Labute approximate surface area is 129 Å². The molecule has 0 bridgehead atoms. The molecule has 1 heterocycles. The van der Waals surface area contributed by atoms with E-state index in [1.807, 2.05) is 0 Å². The van der Waals surface area contributed by atoms with Crippen LogP contribution in [0.5, 0.6) is 0 Å². The van der Waals surface area contributed by atoms with E-state index in [-0.39, 0.29) is 0 Å². The summed E-state index contributed by atoms with van der Waals surface area (Å²) in [4.78, 5) is 2.59. The maximum atomic E-state index is 5.33. The van der Waals surface area contributed by atoms with E-state index in [4.69, 9.17) is 4.74 Å². The Balaban J connectivity index is 1.97. The Hall–Kier alpha value is -0.900. The molecule has 21 heavy (non-hydrogen) atoms. The van der Waals surface area contributed by atoms with Crippen molar-refractivity contribution in [3.05, 3.63) is 35.4 Å². The smallest absolute Gasteiger partial charge is 0.0716 e. The van der Waals surface area contributed by atoms with Gasteiger partial charge in [0.15, 0.2) is 0 Å². The first-order chi connectivity index (χ1) is 10.3. The zero-order chi connectivity index (χ0) is 14.9. The minimum atomic E-state index is 0.667. The van der Waals surface area contributed by atoms with Crippen LogP contribution >= 0.6 is 0 Å². The van der Waals surface area contributed by atoms with Crippen molar-refractivity contribution in [3.63, 3.8) is 0 Å². The van der Waals surface area contributed by atoms with Crippen LogP contribution in [0.15, 0.2) is 24.3 Å². The van der Waals surface area contributed by atoms with Gasteiger partial charge >= 0.3 is 0 Å². The molecule has 0 saturated carbocycles. The zero-order valence-corrected chi connectivity index (χ0v) is 13.6. The number of hydrogen-bond acceptors (Lipinski definition) is 3. The predicted molar refractivity (Wildman–Crippen MR) is 88.4 cm³/mol. The van der Waals surface area contributed by atoms with Crippen LogP contribution in [0.4, 0.5) is 0 Å². The molecule has 1 unspecified atom stereocenters. The molecule has 1 atom stereocenters. The number of piperidine rings is 1. The second-order valence-corrected chi connectivity index (χ2v) is 6.08. The van der Waals surface area contributed by atoms with Crippen molar-refractivity contribution in [3.8, 4) is 0 Å². The van der Waals surface area contributed by atoms with Crippen molar-refractivity contribution in [1.29, 1.82) is 0 Å². The minimum Gasteiger partial charge on any atom is -0.380 e. The Bertz CT molecular complexity index is 402. The summed E-state index contributed by atoms with van der Waals surface area (Å²) in [7, 11) is 1.77. The Morgan fingerprint density at radius 3 is 2.71 bits per heavy atom. The largest absolute Gasteiger partial charge is 0.380 e. The zero-order valence-electron chi connectivity index (χ0n) is 13.6. The molecule has 0 aliphatic carbocycles. The van der Waals surface area contributed by atoms with Crippen LogP contribution in [0.2, 0.25) is 0 Å². The molecule has 1 saturated heterocycles. The van der Waals surface area contributed by atoms with Crippen molar-refractivity contribution < 1.29 is 4.74 Å². The fraction of sp³-hybridized carbons (Fsp3) is 0.667. The lowest BCUT2D eigenvalue weighted by Gasteiger charge is -2.31. The summed E-state index contributed by atoms with van der Waals surface area (Å²) < 4.78 is 5.33. The van der Waals surface area contributed by atoms with Crippen LogP contribution in [-0.2, 0) is 17.9 Å². The van der Waals surface area contributed by atoms with Crippen LogP contribution in [0.25, 0.3) is 0 Å². The Morgan fingerprint density at radius 1 is 1.24 bits per heavy atom. The van der Waals surface area contributed by atoms with Crippen molar-refractivity contribution in [2.45, 2.75) is 51.8 Å². The van der Waals surface area contributed by atoms with Crippen molar-refractivity contribution in [2.75, 3.05) is 26.7 Å². The van der Waals surface area contributed by atoms with Crippen LogP contribution in [0.1, 0.15) is 43.7 Å². The number of nitrogens with zero attached hydrogens (tertiary/aromatic N) is 1. The number of ether oxygens (including phenoxy) is 1. The molecule has 1 fully saturated rings. The van der Waals surface area contributed by atoms with Gasteiger partial charge in [0, 0.05) is 26.2 Å². The van der Waals surface area contributed by atoms with Gasteiger partial charge in [0.1, 0.15) is 0 Å². The third-order valence-corrected chi connectivity index (χ3v) is 4.24. The maximum absolute atomic E-state index is 5.33. The monoisotopic (exact) mass is 290 g/mol. The van der Waals surface area contributed by atoms with E-state index in [9.17, 15) is 0 Å². The lowest BCUT2D eigenvalue weighted by Crippen LogP contribution is -2.43. The second-order valence-electron chi connectivity index (χ2n) is 6.08. The molecule has 0 spiro atoms. The van der Waals surface area contributed by atoms with Gasteiger partial charge in [0.25, 0.3) is 0 Å². The summed E-state index contributed by atoms with van der Waals surface area (Å²) in [6, 6.07) is 9.33. The van der Waals surface area contributed by atoms with E-state index in [0.29, 0.717) is 12.6 Å².